The average molecular weight is 265 g/mol. The molecule has 2 saturated carbocycles. The lowest BCUT2D eigenvalue weighted by atomic mass is 10.2. The Morgan fingerprint density at radius 2 is 1.53 bits per heavy atom. The lowest BCUT2D eigenvalue weighted by molar-refractivity contribution is 0.0600. The van der Waals surface area contributed by atoms with E-state index in [1.54, 1.807) is 0 Å². The van der Waals surface area contributed by atoms with Crippen LogP contribution in [0.5, 0.6) is 0 Å². The van der Waals surface area contributed by atoms with Crippen molar-refractivity contribution in [1.29, 1.82) is 0 Å². The van der Waals surface area contributed by atoms with Crippen molar-refractivity contribution in [2.75, 3.05) is 7.11 Å². The maximum Gasteiger partial charge on any atom is 0.339 e. The highest BCUT2D eigenvalue weighted by molar-refractivity contribution is 5.93. The number of esters is 1. The first-order chi connectivity index (χ1) is 9.15. The Hall–Kier alpha value is -1.91. The van der Waals surface area contributed by atoms with Crippen LogP contribution in [0.3, 0.4) is 0 Å². The van der Waals surface area contributed by atoms with Crippen LogP contribution in [0, 0.1) is 0 Å². The number of aromatic nitrogens is 1. The van der Waals surface area contributed by atoms with Crippen LogP contribution in [0.2, 0.25) is 0 Å². The summed E-state index contributed by atoms with van der Waals surface area (Å²) in [6.07, 6.45) is 11.4. The number of carbonyl (C=O) groups excluding carboxylic acids is 1. The zero-order chi connectivity index (χ0) is 14.1. The van der Waals surface area contributed by atoms with Gasteiger partial charge in [0.2, 0.25) is 0 Å². The Morgan fingerprint density at radius 1 is 1.05 bits per heavy atom. The monoisotopic (exact) mass is 265 g/mol. The van der Waals surface area contributed by atoms with Crippen LogP contribution in [0.25, 0.3) is 0 Å². The predicted octanol–water partition coefficient (Wildman–Crippen LogP) is 2.91. The van der Waals surface area contributed by atoms with Crippen molar-refractivity contribution in [2.45, 2.75) is 38.5 Å². The number of ether oxygens (including phenoxy) is 1. The highest BCUT2D eigenvalue weighted by Gasteiger charge is 2.09. The number of carboxylic acid groups (broad SMARTS) is 1. The number of nitrogens with zero attached hydrogens (tertiary/aromatic N) is 1. The highest BCUT2D eigenvalue weighted by atomic mass is 16.5. The van der Waals surface area contributed by atoms with E-state index >= 15 is 0 Å². The van der Waals surface area contributed by atoms with E-state index in [0.717, 1.165) is 6.20 Å². The molecule has 19 heavy (non-hydrogen) atoms. The van der Waals surface area contributed by atoms with Gasteiger partial charge >= 0.3 is 11.9 Å². The summed E-state index contributed by atoms with van der Waals surface area (Å²) in [4.78, 5) is 25.0. The second-order valence-corrected chi connectivity index (χ2v) is 4.38. The van der Waals surface area contributed by atoms with Gasteiger partial charge < -0.3 is 9.84 Å². The number of hydrogen-bond donors (Lipinski definition) is 1. The van der Waals surface area contributed by atoms with Gasteiger partial charge in [0.1, 0.15) is 0 Å². The number of carboxylic acids is 1. The van der Waals surface area contributed by atoms with E-state index in [1.807, 2.05) is 0 Å². The van der Waals surface area contributed by atoms with E-state index < -0.39 is 11.9 Å². The first-order valence-corrected chi connectivity index (χ1v) is 6.42. The van der Waals surface area contributed by atoms with E-state index in [9.17, 15) is 9.59 Å². The number of rotatable bonds is 2. The molecule has 5 heteroatoms. The smallest absolute Gasteiger partial charge is 0.339 e. The molecule has 5 nitrogen and oxygen atoms in total. The molecule has 1 N–H and O–H groups in total. The number of pyridine rings is 1. The van der Waals surface area contributed by atoms with E-state index in [1.165, 1.54) is 57.9 Å². The van der Waals surface area contributed by atoms with Gasteiger partial charge in [0, 0.05) is 12.4 Å². The number of methoxy groups -OCH3 is 1. The second kappa shape index (κ2) is 8.24. The van der Waals surface area contributed by atoms with Crippen LogP contribution in [-0.2, 0) is 4.74 Å². The molecule has 2 aliphatic rings. The summed E-state index contributed by atoms with van der Waals surface area (Å²) in [6, 6.07) is 1.21. The Balaban J connectivity index is 0.000000241. The van der Waals surface area contributed by atoms with Crippen molar-refractivity contribution >= 4 is 11.9 Å². The van der Waals surface area contributed by atoms with E-state index in [2.05, 4.69) is 9.72 Å². The number of aromatic carboxylic acids is 1. The predicted molar refractivity (Wildman–Crippen MR) is 70.2 cm³/mol. The molecular weight excluding hydrogens is 246 g/mol. The van der Waals surface area contributed by atoms with Crippen molar-refractivity contribution in [3.8, 4) is 0 Å². The van der Waals surface area contributed by atoms with Crippen molar-refractivity contribution in [2.24, 2.45) is 0 Å². The van der Waals surface area contributed by atoms with Crippen LogP contribution in [0.4, 0.5) is 0 Å². The maximum absolute atomic E-state index is 10.9. The largest absolute Gasteiger partial charge is 0.478 e. The number of hydrogen-bond acceptors (Lipinski definition) is 4. The van der Waals surface area contributed by atoms with Gasteiger partial charge in [0.25, 0.3) is 0 Å². The van der Waals surface area contributed by atoms with Gasteiger partial charge in [-0.05, 0) is 6.07 Å². The Morgan fingerprint density at radius 3 is 1.89 bits per heavy atom. The standard InChI is InChI=1S/C8H7NO4.2C3H6/c1-13-8(12)6-2-5(7(10)11)3-9-4-6;2*1-2-3-1/h2-4H,1H3,(H,10,11);2*1-3H2. The quantitative estimate of drug-likeness (QED) is 0.832. The summed E-state index contributed by atoms with van der Waals surface area (Å²) in [5.41, 5.74) is 0.0882. The van der Waals surface area contributed by atoms with Gasteiger partial charge in [-0.25, -0.2) is 9.59 Å². The third-order valence-corrected chi connectivity index (χ3v) is 2.11. The first kappa shape index (κ1) is 15.1. The molecule has 1 aromatic heterocycles. The third-order valence-electron chi connectivity index (χ3n) is 2.11. The van der Waals surface area contributed by atoms with Crippen molar-refractivity contribution in [1.82, 2.24) is 4.98 Å². The molecular formula is C14H19NO4. The first-order valence-electron chi connectivity index (χ1n) is 6.42. The summed E-state index contributed by atoms with van der Waals surface area (Å²) in [6.45, 7) is 0. The summed E-state index contributed by atoms with van der Waals surface area (Å²) in [5.74, 6) is -1.73. The van der Waals surface area contributed by atoms with Gasteiger partial charge in [0.05, 0.1) is 18.2 Å². The Labute approximate surface area is 112 Å². The molecule has 0 saturated heterocycles. The molecule has 2 aliphatic carbocycles. The Bertz CT molecular complexity index is 416. The SMILES string of the molecule is C1CC1.C1CC1.COC(=O)c1cncc(C(=O)O)c1. The molecule has 0 radical (unpaired) electrons. The van der Waals surface area contributed by atoms with Gasteiger partial charge in [-0.1, -0.05) is 38.5 Å². The molecule has 104 valence electrons. The Kier molecular flexibility index (Phi) is 6.57. The van der Waals surface area contributed by atoms with Gasteiger partial charge in [-0.3, -0.25) is 4.98 Å². The van der Waals surface area contributed by atoms with Crippen LogP contribution in [0.15, 0.2) is 18.5 Å². The fourth-order valence-corrected chi connectivity index (χ4v) is 0.786. The molecule has 0 unspecified atom stereocenters. The summed E-state index contributed by atoms with van der Waals surface area (Å²) >= 11 is 0. The molecule has 0 aliphatic heterocycles. The molecule has 1 aromatic rings. The van der Waals surface area contributed by atoms with Crippen LogP contribution < -0.4 is 0 Å². The molecule has 2 fully saturated rings. The fourth-order valence-electron chi connectivity index (χ4n) is 0.786. The maximum atomic E-state index is 10.9. The molecule has 0 atom stereocenters. The molecule has 3 rings (SSSR count). The molecule has 0 spiro atoms. The summed E-state index contributed by atoms with van der Waals surface area (Å²) in [5, 5.41) is 8.57. The lowest BCUT2D eigenvalue weighted by Crippen LogP contribution is -2.05. The minimum absolute atomic E-state index is 0.0390. The highest BCUT2D eigenvalue weighted by Crippen LogP contribution is 2.15. The molecule has 0 aromatic carbocycles. The van der Waals surface area contributed by atoms with Crippen molar-refractivity contribution in [3.05, 3.63) is 29.6 Å². The van der Waals surface area contributed by atoms with Crippen LogP contribution >= 0.6 is 0 Å². The number of carbonyl (C=O) groups is 2. The fraction of sp³-hybridized carbons (Fsp3) is 0.500. The third kappa shape index (κ3) is 7.91. The van der Waals surface area contributed by atoms with Crippen molar-refractivity contribution < 1.29 is 19.4 Å². The lowest BCUT2D eigenvalue weighted by Gasteiger charge is -1.98. The normalized spacial score (nSPS) is 13.9. The second-order valence-electron chi connectivity index (χ2n) is 4.38. The van der Waals surface area contributed by atoms with E-state index in [-0.39, 0.29) is 11.1 Å². The van der Waals surface area contributed by atoms with Gasteiger partial charge in [0.15, 0.2) is 0 Å². The van der Waals surface area contributed by atoms with Crippen LogP contribution in [0.1, 0.15) is 59.2 Å². The average Bonchev–Trinajstić information content (AvgIpc) is 3.27. The molecule has 0 bridgehead atoms. The zero-order valence-corrected chi connectivity index (χ0v) is 11.1. The van der Waals surface area contributed by atoms with Crippen LogP contribution in [-0.4, -0.2) is 29.1 Å². The van der Waals surface area contributed by atoms with Crippen molar-refractivity contribution in [3.63, 3.8) is 0 Å². The minimum atomic E-state index is -1.13. The topological polar surface area (TPSA) is 76.5 Å². The van der Waals surface area contributed by atoms with E-state index in [4.69, 9.17) is 5.11 Å². The minimum Gasteiger partial charge on any atom is -0.478 e. The summed E-state index contributed by atoms with van der Waals surface area (Å²) in [7, 11) is 1.22. The molecule has 0 amide bonds. The zero-order valence-electron chi connectivity index (χ0n) is 11.1. The molecule has 1 heterocycles. The van der Waals surface area contributed by atoms with Gasteiger partial charge in [-0.15, -0.1) is 0 Å². The van der Waals surface area contributed by atoms with E-state index in [0.29, 0.717) is 0 Å². The van der Waals surface area contributed by atoms with Gasteiger partial charge in [-0.2, -0.15) is 0 Å². The summed E-state index contributed by atoms with van der Waals surface area (Å²) < 4.78 is 4.40.